The number of rotatable bonds is 3. The highest BCUT2D eigenvalue weighted by atomic mass is 16.5. The number of piperidine rings is 1. The Kier molecular flexibility index (Phi) is 3.72. The lowest BCUT2D eigenvalue weighted by molar-refractivity contribution is 0.0555. The minimum Gasteiger partial charge on any atom is -0.487 e. The number of ether oxygens (including phenoxy) is 1. The van der Waals surface area contributed by atoms with Gasteiger partial charge in [-0.2, -0.15) is 0 Å². The van der Waals surface area contributed by atoms with Crippen molar-refractivity contribution in [2.45, 2.75) is 45.1 Å². The summed E-state index contributed by atoms with van der Waals surface area (Å²) in [5, 5.41) is 3.38. The molecule has 0 spiro atoms. The van der Waals surface area contributed by atoms with Crippen LogP contribution in [0.15, 0.2) is 24.3 Å². The molecule has 2 rings (SSSR count). The van der Waals surface area contributed by atoms with Crippen molar-refractivity contribution in [2.24, 2.45) is 0 Å². The molecule has 1 fully saturated rings. The van der Waals surface area contributed by atoms with Gasteiger partial charge in [0.25, 0.3) is 0 Å². The summed E-state index contributed by atoms with van der Waals surface area (Å²) < 4.78 is 6.19. The topological polar surface area (TPSA) is 21.3 Å². The molecule has 0 unspecified atom stereocenters. The van der Waals surface area contributed by atoms with Crippen molar-refractivity contribution in [3.8, 4) is 5.75 Å². The molecule has 2 nitrogen and oxygen atoms in total. The Balaban J connectivity index is 2.09. The summed E-state index contributed by atoms with van der Waals surface area (Å²) in [4.78, 5) is 0. The van der Waals surface area contributed by atoms with E-state index in [-0.39, 0.29) is 5.60 Å². The molecule has 0 radical (unpaired) electrons. The molecule has 0 aromatic heterocycles. The van der Waals surface area contributed by atoms with Gasteiger partial charge in [0, 0.05) is 0 Å². The van der Waals surface area contributed by atoms with Crippen molar-refractivity contribution in [1.82, 2.24) is 5.32 Å². The summed E-state index contributed by atoms with van der Waals surface area (Å²) in [5.74, 6) is 1.57. The van der Waals surface area contributed by atoms with E-state index in [1.165, 1.54) is 5.56 Å². The van der Waals surface area contributed by atoms with Crippen molar-refractivity contribution in [3.05, 3.63) is 29.8 Å². The van der Waals surface area contributed by atoms with Crippen LogP contribution in [-0.2, 0) is 0 Å². The van der Waals surface area contributed by atoms with Gasteiger partial charge in [0.2, 0.25) is 0 Å². The predicted octanol–water partition coefficient (Wildman–Crippen LogP) is 3.33. The largest absolute Gasteiger partial charge is 0.487 e. The van der Waals surface area contributed by atoms with Crippen LogP contribution < -0.4 is 10.1 Å². The zero-order valence-electron chi connectivity index (χ0n) is 11.1. The van der Waals surface area contributed by atoms with Gasteiger partial charge < -0.3 is 10.1 Å². The molecule has 1 aromatic carbocycles. The van der Waals surface area contributed by atoms with Gasteiger partial charge in [0.05, 0.1) is 0 Å². The third-order valence-corrected chi connectivity index (χ3v) is 3.55. The molecule has 0 amide bonds. The molecule has 1 N–H and O–H groups in total. The van der Waals surface area contributed by atoms with E-state index in [4.69, 9.17) is 4.74 Å². The number of hydrogen-bond acceptors (Lipinski definition) is 2. The molecule has 0 atom stereocenters. The van der Waals surface area contributed by atoms with E-state index in [1.54, 1.807) is 0 Å². The Labute approximate surface area is 104 Å². The second-order valence-corrected chi connectivity index (χ2v) is 5.53. The molecule has 2 heteroatoms. The van der Waals surface area contributed by atoms with E-state index in [0.29, 0.717) is 5.92 Å². The van der Waals surface area contributed by atoms with Crippen LogP contribution in [0, 0.1) is 0 Å². The smallest absolute Gasteiger partial charge is 0.120 e. The van der Waals surface area contributed by atoms with E-state index < -0.39 is 0 Å². The molecule has 1 heterocycles. The summed E-state index contributed by atoms with van der Waals surface area (Å²) in [6, 6.07) is 8.51. The number of nitrogens with one attached hydrogen (secondary N) is 1. The molecule has 1 aliphatic rings. The maximum atomic E-state index is 6.19. The highest BCUT2D eigenvalue weighted by Gasteiger charge is 2.28. The fourth-order valence-corrected chi connectivity index (χ4v) is 2.28. The molecule has 1 saturated heterocycles. The Morgan fingerprint density at radius 3 is 2.59 bits per heavy atom. The van der Waals surface area contributed by atoms with E-state index >= 15 is 0 Å². The van der Waals surface area contributed by atoms with Gasteiger partial charge >= 0.3 is 0 Å². The van der Waals surface area contributed by atoms with E-state index in [9.17, 15) is 0 Å². The maximum absolute atomic E-state index is 6.19. The van der Waals surface area contributed by atoms with Crippen LogP contribution in [0.5, 0.6) is 5.75 Å². The minimum atomic E-state index is 0.000846. The average Bonchev–Trinajstić information content (AvgIpc) is 2.29. The highest BCUT2D eigenvalue weighted by Crippen LogP contribution is 2.28. The van der Waals surface area contributed by atoms with Crippen molar-refractivity contribution in [1.29, 1.82) is 0 Å². The zero-order chi connectivity index (χ0) is 12.3. The van der Waals surface area contributed by atoms with Gasteiger partial charge in [0.15, 0.2) is 0 Å². The first-order valence-corrected chi connectivity index (χ1v) is 6.59. The normalized spacial score (nSPS) is 19.3. The SMILES string of the molecule is CC(C)c1cccc(OC2(C)CCNCC2)c1. The van der Waals surface area contributed by atoms with Crippen LogP contribution in [0.2, 0.25) is 0 Å². The molecule has 0 saturated carbocycles. The van der Waals surface area contributed by atoms with Crippen LogP contribution in [0.1, 0.15) is 45.1 Å². The molecular weight excluding hydrogens is 210 g/mol. The summed E-state index contributed by atoms with van der Waals surface area (Å²) in [7, 11) is 0. The van der Waals surface area contributed by atoms with Gasteiger partial charge in [-0.15, -0.1) is 0 Å². The fraction of sp³-hybridized carbons (Fsp3) is 0.600. The Morgan fingerprint density at radius 1 is 1.24 bits per heavy atom. The fourth-order valence-electron chi connectivity index (χ4n) is 2.28. The van der Waals surface area contributed by atoms with Gasteiger partial charge in [0.1, 0.15) is 11.4 Å². The molecule has 1 aliphatic heterocycles. The van der Waals surface area contributed by atoms with Gasteiger partial charge in [-0.3, -0.25) is 0 Å². The Bertz CT molecular complexity index is 367. The third-order valence-electron chi connectivity index (χ3n) is 3.55. The minimum absolute atomic E-state index is 0.000846. The maximum Gasteiger partial charge on any atom is 0.120 e. The first kappa shape index (κ1) is 12.4. The zero-order valence-corrected chi connectivity index (χ0v) is 11.1. The summed E-state index contributed by atoms with van der Waals surface area (Å²) >= 11 is 0. The van der Waals surface area contributed by atoms with Crippen LogP contribution >= 0.6 is 0 Å². The predicted molar refractivity (Wildman–Crippen MR) is 71.7 cm³/mol. The lowest BCUT2D eigenvalue weighted by Gasteiger charge is -2.34. The second kappa shape index (κ2) is 5.09. The van der Waals surface area contributed by atoms with Crippen molar-refractivity contribution >= 4 is 0 Å². The second-order valence-electron chi connectivity index (χ2n) is 5.53. The molecule has 0 bridgehead atoms. The first-order chi connectivity index (χ1) is 8.09. The average molecular weight is 233 g/mol. The van der Waals surface area contributed by atoms with E-state index in [2.05, 4.69) is 50.4 Å². The summed E-state index contributed by atoms with van der Waals surface area (Å²) in [6.45, 7) is 8.76. The first-order valence-electron chi connectivity index (χ1n) is 6.59. The quantitative estimate of drug-likeness (QED) is 0.864. The van der Waals surface area contributed by atoms with Gasteiger partial charge in [-0.1, -0.05) is 26.0 Å². The third kappa shape index (κ3) is 3.22. The lowest BCUT2D eigenvalue weighted by atomic mass is 9.94. The van der Waals surface area contributed by atoms with Crippen LogP contribution in [0.25, 0.3) is 0 Å². The van der Waals surface area contributed by atoms with Crippen molar-refractivity contribution < 1.29 is 4.74 Å². The monoisotopic (exact) mass is 233 g/mol. The van der Waals surface area contributed by atoms with Crippen molar-refractivity contribution in [3.63, 3.8) is 0 Å². The molecule has 1 aromatic rings. The number of benzene rings is 1. The molecule has 0 aliphatic carbocycles. The standard InChI is InChI=1S/C15H23NO/c1-12(2)13-5-4-6-14(11-13)17-15(3)7-9-16-10-8-15/h4-6,11-12,16H,7-10H2,1-3H3. The van der Waals surface area contributed by atoms with Crippen LogP contribution in [-0.4, -0.2) is 18.7 Å². The summed E-state index contributed by atoms with van der Waals surface area (Å²) in [5.41, 5.74) is 1.35. The van der Waals surface area contributed by atoms with Crippen LogP contribution in [0.4, 0.5) is 0 Å². The molecule has 94 valence electrons. The van der Waals surface area contributed by atoms with Crippen molar-refractivity contribution in [2.75, 3.05) is 13.1 Å². The van der Waals surface area contributed by atoms with Gasteiger partial charge in [-0.25, -0.2) is 0 Å². The Hall–Kier alpha value is -1.02. The molecular formula is C15H23NO. The summed E-state index contributed by atoms with van der Waals surface area (Å²) in [6.07, 6.45) is 2.16. The lowest BCUT2D eigenvalue weighted by Crippen LogP contribution is -2.43. The number of hydrogen-bond donors (Lipinski definition) is 1. The highest BCUT2D eigenvalue weighted by molar-refractivity contribution is 5.30. The van der Waals surface area contributed by atoms with Gasteiger partial charge in [-0.05, 0) is 56.5 Å². The van der Waals surface area contributed by atoms with E-state index in [1.807, 2.05) is 0 Å². The van der Waals surface area contributed by atoms with Crippen LogP contribution in [0.3, 0.4) is 0 Å². The Morgan fingerprint density at radius 2 is 1.94 bits per heavy atom. The molecule has 17 heavy (non-hydrogen) atoms. The van der Waals surface area contributed by atoms with E-state index in [0.717, 1.165) is 31.7 Å².